The Kier molecular flexibility index (Phi) is 7.05. The van der Waals surface area contributed by atoms with Gasteiger partial charge < -0.3 is 10.6 Å². The van der Waals surface area contributed by atoms with Crippen molar-refractivity contribution in [2.75, 3.05) is 12.4 Å². The molecule has 152 valence electrons. The van der Waals surface area contributed by atoms with Gasteiger partial charge in [-0.15, -0.1) is 0 Å². The summed E-state index contributed by atoms with van der Waals surface area (Å²) < 4.78 is 0. The first-order valence-corrected chi connectivity index (χ1v) is 9.98. The Morgan fingerprint density at radius 2 is 1.67 bits per heavy atom. The van der Waals surface area contributed by atoms with E-state index >= 15 is 0 Å². The number of carbonyl (C=O) groups is 3. The summed E-state index contributed by atoms with van der Waals surface area (Å²) in [7, 11) is 1.55. The van der Waals surface area contributed by atoms with Gasteiger partial charge in [-0.2, -0.15) is 0 Å². The highest BCUT2D eigenvalue weighted by atomic mass is 35.5. The van der Waals surface area contributed by atoms with Crippen molar-refractivity contribution in [3.8, 4) is 0 Å². The van der Waals surface area contributed by atoms with Crippen LogP contribution in [0.1, 0.15) is 20.8 Å². The molecule has 0 aliphatic rings. The monoisotopic (exact) mass is 440 g/mol. The van der Waals surface area contributed by atoms with Gasteiger partial charge in [-0.25, -0.2) is 4.79 Å². The maximum absolute atomic E-state index is 12.1. The number of anilines is 1. The smallest absolute Gasteiger partial charge is 0.326 e. The first-order valence-electron chi connectivity index (χ1n) is 8.79. The molecule has 3 aromatic rings. The van der Waals surface area contributed by atoms with E-state index in [0.717, 1.165) is 9.79 Å². The van der Waals surface area contributed by atoms with Gasteiger partial charge in [0.15, 0.2) is 0 Å². The molecule has 9 heteroatoms. The fraction of sp³-hybridized carbons (Fsp3) is 0.0476. The van der Waals surface area contributed by atoms with E-state index in [0.29, 0.717) is 11.4 Å². The number of amides is 4. The molecule has 3 N–H and O–H groups in total. The number of carbonyl (C=O) groups excluding carboxylic acids is 3. The summed E-state index contributed by atoms with van der Waals surface area (Å²) >= 11 is 7.41. The van der Waals surface area contributed by atoms with Crippen LogP contribution in [-0.4, -0.2) is 29.9 Å². The highest BCUT2D eigenvalue weighted by Gasteiger charge is 2.13. The fourth-order valence-corrected chi connectivity index (χ4v) is 3.51. The zero-order valence-electron chi connectivity index (χ0n) is 15.8. The van der Waals surface area contributed by atoms with Crippen LogP contribution in [-0.2, 0) is 0 Å². The predicted molar refractivity (Wildman–Crippen MR) is 116 cm³/mol. The SMILES string of the molecule is CNC(=O)c1cc(Sc2ccc(NC(=O)NC(=O)c3ccccc3Cl)cc2)ccn1. The molecule has 0 atom stereocenters. The molecule has 4 amide bonds. The molecule has 7 nitrogen and oxygen atoms in total. The van der Waals surface area contributed by atoms with Crippen LogP contribution in [0.5, 0.6) is 0 Å². The zero-order valence-corrected chi connectivity index (χ0v) is 17.4. The van der Waals surface area contributed by atoms with Gasteiger partial charge in [-0.05, 0) is 48.5 Å². The number of nitrogens with zero attached hydrogens (tertiary/aromatic N) is 1. The summed E-state index contributed by atoms with van der Waals surface area (Å²) in [4.78, 5) is 41.7. The van der Waals surface area contributed by atoms with Crippen molar-refractivity contribution in [1.29, 1.82) is 0 Å². The van der Waals surface area contributed by atoms with Crippen LogP contribution >= 0.6 is 23.4 Å². The number of aromatic nitrogens is 1. The Balaban J connectivity index is 1.59. The van der Waals surface area contributed by atoms with E-state index in [1.165, 1.54) is 17.8 Å². The summed E-state index contributed by atoms with van der Waals surface area (Å²) in [5, 5.41) is 7.64. The summed E-state index contributed by atoms with van der Waals surface area (Å²) in [5.74, 6) is -0.843. The van der Waals surface area contributed by atoms with E-state index in [-0.39, 0.29) is 16.5 Å². The molecule has 1 aromatic heterocycles. The van der Waals surface area contributed by atoms with E-state index < -0.39 is 11.9 Å². The van der Waals surface area contributed by atoms with Gasteiger partial charge in [0.1, 0.15) is 5.69 Å². The van der Waals surface area contributed by atoms with Crippen molar-refractivity contribution >= 4 is 46.9 Å². The molecule has 0 unspecified atom stereocenters. The molecule has 3 rings (SSSR count). The average Bonchev–Trinajstić information content (AvgIpc) is 2.75. The molecule has 0 aliphatic heterocycles. The number of urea groups is 1. The normalized spacial score (nSPS) is 10.2. The number of imide groups is 1. The second-order valence-electron chi connectivity index (χ2n) is 5.97. The molecular weight excluding hydrogens is 424 g/mol. The quantitative estimate of drug-likeness (QED) is 0.551. The molecule has 0 saturated heterocycles. The Hall–Kier alpha value is -3.36. The molecule has 0 fully saturated rings. The van der Waals surface area contributed by atoms with Crippen LogP contribution in [0.15, 0.2) is 76.7 Å². The molecule has 0 radical (unpaired) electrons. The highest BCUT2D eigenvalue weighted by Crippen LogP contribution is 2.28. The topological polar surface area (TPSA) is 100 Å². The third-order valence-electron chi connectivity index (χ3n) is 3.88. The van der Waals surface area contributed by atoms with E-state index in [2.05, 4.69) is 20.9 Å². The molecule has 2 aromatic carbocycles. The van der Waals surface area contributed by atoms with Gasteiger partial charge in [0.25, 0.3) is 11.8 Å². The first-order chi connectivity index (χ1) is 14.5. The Morgan fingerprint density at radius 3 is 2.37 bits per heavy atom. The van der Waals surface area contributed by atoms with Crippen LogP contribution in [0.4, 0.5) is 10.5 Å². The van der Waals surface area contributed by atoms with E-state index in [1.807, 2.05) is 12.1 Å². The van der Waals surface area contributed by atoms with E-state index in [1.54, 1.807) is 55.7 Å². The van der Waals surface area contributed by atoms with Crippen molar-refractivity contribution < 1.29 is 14.4 Å². The van der Waals surface area contributed by atoms with Crippen molar-refractivity contribution in [3.05, 3.63) is 83.1 Å². The minimum absolute atomic E-state index is 0.217. The van der Waals surface area contributed by atoms with Gasteiger partial charge >= 0.3 is 6.03 Å². The number of pyridine rings is 1. The van der Waals surface area contributed by atoms with Crippen molar-refractivity contribution in [3.63, 3.8) is 0 Å². The predicted octanol–water partition coefficient (Wildman–Crippen LogP) is 4.21. The molecule has 0 bridgehead atoms. The molecule has 0 spiro atoms. The lowest BCUT2D eigenvalue weighted by Crippen LogP contribution is -2.34. The second kappa shape index (κ2) is 9.91. The molecule has 0 aliphatic carbocycles. The number of halogens is 1. The summed E-state index contributed by atoms with van der Waals surface area (Å²) in [6.07, 6.45) is 1.57. The minimum atomic E-state index is -0.662. The van der Waals surface area contributed by atoms with Gasteiger partial charge in [0, 0.05) is 28.7 Å². The summed E-state index contributed by atoms with van der Waals surface area (Å²) in [5.41, 5.74) is 1.07. The number of benzene rings is 2. The highest BCUT2D eigenvalue weighted by molar-refractivity contribution is 7.99. The number of nitrogens with one attached hydrogen (secondary N) is 3. The van der Waals surface area contributed by atoms with Gasteiger partial charge in [-0.1, -0.05) is 35.5 Å². The minimum Gasteiger partial charge on any atom is -0.354 e. The lowest BCUT2D eigenvalue weighted by Gasteiger charge is -2.09. The molecular formula is C21H17ClN4O3S. The summed E-state index contributed by atoms with van der Waals surface area (Å²) in [6, 6.07) is 16.4. The third kappa shape index (κ3) is 5.59. The Morgan fingerprint density at radius 1 is 0.933 bits per heavy atom. The Bertz CT molecular complexity index is 1090. The second-order valence-corrected chi connectivity index (χ2v) is 7.52. The average molecular weight is 441 g/mol. The molecule has 30 heavy (non-hydrogen) atoms. The largest absolute Gasteiger partial charge is 0.354 e. The standard InChI is InChI=1S/C21H17ClN4O3S/c1-23-20(28)18-12-15(10-11-24-18)30-14-8-6-13(7-9-14)25-21(29)26-19(27)16-4-2-3-5-17(16)22/h2-12H,1H3,(H,23,28)(H2,25,26,27,29). The third-order valence-corrected chi connectivity index (χ3v) is 5.21. The summed E-state index contributed by atoms with van der Waals surface area (Å²) in [6.45, 7) is 0. The molecule has 0 saturated carbocycles. The van der Waals surface area contributed by atoms with Gasteiger partial charge in [0.05, 0.1) is 10.6 Å². The van der Waals surface area contributed by atoms with Crippen LogP contribution in [0, 0.1) is 0 Å². The van der Waals surface area contributed by atoms with Crippen LogP contribution in [0.3, 0.4) is 0 Å². The number of hydrogen-bond donors (Lipinski definition) is 3. The van der Waals surface area contributed by atoms with Crippen LogP contribution < -0.4 is 16.0 Å². The molecule has 1 heterocycles. The van der Waals surface area contributed by atoms with Crippen LogP contribution in [0.2, 0.25) is 5.02 Å². The number of rotatable bonds is 5. The van der Waals surface area contributed by atoms with Crippen molar-refractivity contribution in [1.82, 2.24) is 15.6 Å². The lowest BCUT2D eigenvalue weighted by atomic mass is 10.2. The maximum atomic E-state index is 12.1. The van der Waals surface area contributed by atoms with Gasteiger partial charge in [-0.3, -0.25) is 19.9 Å². The zero-order chi connectivity index (χ0) is 21.5. The van der Waals surface area contributed by atoms with Gasteiger partial charge in [0.2, 0.25) is 0 Å². The first kappa shape index (κ1) is 21.4. The Labute approximate surface area is 182 Å². The van der Waals surface area contributed by atoms with E-state index in [9.17, 15) is 14.4 Å². The van der Waals surface area contributed by atoms with Crippen LogP contribution in [0.25, 0.3) is 0 Å². The van der Waals surface area contributed by atoms with Crippen molar-refractivity contribution in [2.45, 2.75) is 9.79 Å². The van der Waals surface area contributed by atoms with E-state index in [4.69, 9.17) is 11.6 Å². The fourth-order valence-electron chi connectivity index (χ4n) is 2.45. The lowest BCUT2D eigenvalue weighted by molar-refractivity contribution is 0.0952. The van der Waals surface area contributed by atoms with Crippen molar-refractivity contribution in [2.24, 2.45) is 0 Å². The number of hydrogen-bond acceptors (Lipinski definition) is 5. The maximum Gasteiger partial charge on any atom is 0.326 e.